The van der Waals surface area contributed by atoms with Crippen LogP contribution in [0.3, 0.4) is 0 Å². The lowest BCUT2D eigenvalue weighted by Crippen LogP contribution is -2.49. The third-order valence-electron chi connectivity index (χ3n) is 4.00. The lowest BCUT2D eigenvalue weighted by molar-refractivity contribution is 0.361. The molecule has 0 amide bonds. The molecule has 4 nitrogen and oxygen atoms in total. The summed E-state index contributed by atoms with van der Waals surface area (Å²) >= 11 is 0. The van der Waals surface area contributed by atoms with E-state index in [1.807, 2.05) is 12.1 Å². The first kappa shape index (κ1) is 16.5. The van der Waals surface area contributed by atoms with E-state index in [1.165, 1.54) is 5.56 Å². The molecule has 1 saturated carbocycles. The van der Waals surface area contributed by atoms with E-state index in [0.29, 0.717) is 10.8 Å². The maximum Gasteiger partial charge on any atom is 0.240 e. The van der Waals surface area contributed by atoms with Crippen LogP contribution in [0.4, 0.5) is 0 Å². The zero-order chi connectivity index (χ0) is 15.5. The highest BCUT2D eigenvalue weighted by Gasteiger charge is 2.27. The zero-order valence-corrected chi connectivity index (χ0v) is 13.7. The third kappa shape index (κ3) is 4.53. The maximum atomic E-state index is 12.4. The number of benzene rings is 1. The Labute approximate surface area is 128 Å². The van der Waals surface area contributed by atoms with Crippen molar-refractivity contribution < 1.29 is 8.42 Å². The van der Waals surface area contributed by atoms with Gasteiger partial charge in [0.15, 0.2) is 0 Å². The normalized spacial score (nSPS) is 23.4. The minimum absolute atomic E-state index is 0.0752. The first-order chi connectivity index (χ1) is 9.88. The standard InChI is InChI=1S/C16H26N2O2S/c1-12(2)11-13-7-9-14(10-8-13)21(19,20)18-16-6-4-3-5-15(16)17/h7-10,12,15-16,18H,3-6,11,17H2,1-2H3/t15-,16-/m1/s1. The molecule has 0 aromatic heterocycles. The lowest BCUT2D eigenvalue weighted by Gasteiger charge is -2.29. The van der Waals surface area contributed by atoms with Crippen molar-refractivity contribution >= 4 is 10.0 Å². The molecule has 1 aromatic rings. The first-order valence-electron chi connectivity index (χ1n) is 7.75. The minimum Gasteiger partial charge on any atom is -0.326 e. The van der Waals surface area contributed by atoms with Crippen LogP contribution in [0.5, 0.6) is 0 Å². The van der Waals surface area contributed by atoms with Gasteiger partial charge < -0.3 is 5.73 Å². The summed E-state index contributed by atoms with van der Waals surface area (Å²) in [6, 6.07) is 6.96. The molecule has 0 radical (unpaired) electrons. The van der Waals surface area contributed by atoms with Crippen LogP contribution in [0.15, 0.2) is 29.2 Å². The predicted molar refractivity (Wildman–Crippen MR) is 85.5 cm³/mol. The van der Waals surface area contributed by atoms with E-state index >= 15 is 0 Å². The van der Waals surface area contributed by atoms with E-state index in [1.54, 1.807) is 12.1 Å². The Morgan fingerprint density at radius 3 is 2.38 bits per heavy atom. The number of rotatable bonds is 5. The van der Waals surface area contributed by atoms with Crippen molar-refractivity contribution in [2.45, 2.75) is 62.9 Å². The summed E-state index contributed by atoms with van der Waals surface area (Å²) in [6.45, 7) is 4.30. The van der Waals surface area contributed by atoms with E-state index < -0.39 is 10.0 Å². The van der Waals surface area contributed by atoms with E-state index in [0.717, 1.165) is 32.1 Å². The minimum atomic E-state index is -3.47. The van der Waals surface area contributed by atoms with E-state index in [2.05, 4.69) is 18.6 Å². The number of nitrogens with one attached hydrogen (secondary N) is 1. The fraction of sp³-hybridized carbons (Fsp3) is 0.625. The quantitative estimate of drug-likeness (QED) is 0.877. The van der Waals surface area contributed by atoms with Gasteiger partial charge in [0.1, 0.15) is 0 Å². The SMILES string of the molecule is CC(C)Cc1ccc(S(=O)(=O)N[C@@H]2CCCC[C@H]2N)cc1. The average molecular weight is 310 g/mol. The summed E-state index contributed by atoms with van der Waals surface area (Å²) in [4.78, 5) is 0.327. The second-order valence-corrected chi connectivity index (χ2v) is 8.13. The van der Waals surface area contributed by atoms with Crippen LogP contribution >= 0.6 is 0 Å². The van der Waals surface area contributed by atoms with Crippen LogP contribution in [-0.2, 0) is 16.4 Å². The summed E-state index contributed by atoms with van der Waals surface area (Å²) in [5, 5.41) is 0. The Bertz CT molecular complexity index is 552. The summed E-state index contributed by atoms with van der Waals surface area (Å²) in [5.41, 5.74) is 7.18. The molecule has 0 bridgehead atoms. The van der Waals surface area contributed by atoms with Gasteiger partial charge in [0.25, 0.3) is 0 Å². The molecule has 0 spiro atoms. The van der Waals surface area contributed by atoms with E-state index in [-0.39, 0.29) is 12.1 Å². The summed E-state index contributed by atoms with van der Waals surface area (Å²) < 4.78 is 27.6. The molecule has 118 valence electrons. The van der Waals surface area contributed by atoms with Crippen LogP contribution in [0.25, 0.3) is 0 Å². The molecular weight excluding hydrogens is 284 g/mol. The van der Waals surface area contributed by atoms with Gasteiger partial charge in [-0.3, -0.25) is 0 Å². The van der Waals surface area contributed by atoms with Gasteiger partial charge in [0, 0.05) is 12.1 Å². The van der Waals surface area contributed by atoms with Gasteiger partial charge in [-0.25, -0.2) is 13.1 Å². The molecule has 1 fully saturated rings. The summed E-state index contributed by atoms with van der Waals surface area (Å²) in [6.07, 6.45) is 4.80. The third-order valence-corrected chi connectivity index (χ3v) is 5.51. The second kappa shape index (κ2) is 6.90. The van der Waals surface area contributed by atoms with E-state index in [9.17, 15) is 8.42 Å². The number of sulfonamides is 1. The Morgan fingerprint density at radius 1 is 1.19 bits per heavy atom. The molecule has 1 aromatic carbocycles. The van der Waals surface area contributed by atoms with Crippen LogP contribution < -0.4 is 10.5 Å². The number of hydrogen-bond acceptors (Lipinski definition) is 3. The van der Waals surface area contributed by atoms with Gasteiger partial charge in [-0.15, -0.1) is 0 Å². The molecule has 0 unspecified atom stereocenters. The van der Waals surface area contributed by atoms with Gasteiger partial charge in [0.2, 0.25) is 10.0 Å². The van der Waals surface area contributed by atoms with Crippen molar-refractivity contribution in [1.82, 2.24) is 4.72 Å². The molecule has 2 rings (SSSR count). The van der Waals surface area contributed by atoms with Gasteiger partial charge in [-0.2, -0.15) is 0 Å². The van der Waals surface area contributed by atoms with Gasteiger partial charge in [0.05, 0.1) is 4.90 Å². The van der Waals surface area contributed by atoms with E-state index in [4.69, 9.17) is 5.73 Å². The molecule has 0 saturated heterocycles. The molecule has 21 heavy (non-hydrogen) atoms. The molecule has 2 atom stereocenters. The fourth-order valence-electron chi connectivity index (χ4n) is 2.85. The van der Waals surface area contributed by atoms with Crippen molar-refractivity contribution in [3.05, 3.63) is 29.8 Å². The number of nitrogens with two attached hydrogens (primary N) is 1. The van der Waals surface area contributed by atoms with Crippen molar-refractivity contribution in [2.75, 3.05) is 0 Å². The predicted octanol–water partition coefficient (Wildman–Crippen LogP) is 2.43. The Balaban J connectivity index is 2.08. The van der Waals surface area contributed by atoms with Crippen molar-refractivity contribution in [3.63, 3.8) is 0 Å². The van der Waals surface area contributed by atoms with Crippen LogP contribution in [0.1, 0.15) is 45.1 Å². The number of hydrogen-bond donors (Lipinski definition) is 2. The van der Waals surface area contributed by atoms with Crippen LogP contribution in [0.2, 0.25) is 0 Å². The van der Waals surface area contributed by atoms with Crippen molar-refractivity contribution in [3.8, 4) is 0 Å². The zero-order valence-electron chi connectivity index (χ0n) is 12.9. The van der Waals surface area contributed by atoms with Crippen molar-refractivity contribution in [2.24, 2.45) is 11.7 Å². The summed E-state index contributed by atoms with van der Waals surface area (Å²) in [7, 11) is -3.47. The Kier molecular flexibility index (Phi) is 5.41. The largest absolute Gasteiger partial charge is 0.326 e. The molecule has 5 heteroatoms. The molecule has 0 heterocycles. The van der Waals surface area contributed by atoms with Crippen molar-refractivity contribution in [1.29, 1.82) is 0 Å². The molecule has 3 N–H and O–H groups in total. The Morgan fingerprint density at radius 2 is 1.81 bits per heavy atom. The molecule has 1 aliphatic carbocycles. The van der Waals surface area contributed by atoms with Gasteiger partial charge in [-0.05, 0) is 42.9 Å². The van der Waals surface area contributed by atoms with Gasteiger partial charge >= 0.3 is 0 Å². The smallest absolute Gasteiger partial charge is 0.240 e. The second-order valence-electron chi connectivity index (χ2n) is 6.42. The van der Waals surface area contributed by atoms with Crippen LogP contribution in [0, 0.1) is 5.92 Å². The highest BCUT2D eigenvalue weighted by molar-refractivity contribution is 7.89. The first-order valence-corrected chi connectivity index (χ1v) is 9.23. The molecular formula is C16H26N2O2S. The summed E-state index contributed by atoms with van der Waals surface area (Å²) in [5.74, 6) is 0.561. The Hall–Kier alpha value is -0.910. The highest BCUT2D eigenvalue weighted by atomic mass is 32.2. The lowest BCUT2D eigenvalue weighted by atomic mass is 9.92. The molecule has 1 aliphatic rings. The molecule has 0 aliphatic heterocycles. The fourth-order valence-corrected chi connectivity index (χ4v) is 4.17. The average Bonchev–Trinajstić information content (AvgIpc) is 2.41. The topological polar surface area (TPSA) is 72.2 Å². The maximum absolute atomic E-state index is 12.4. The van der Waals surface area contributed by atoms with Gasteiger partial charge in [-0.1, -0.05) is 38.8 Å². The highest BCUT2D eigenvalue weighted by Crippen LogP contribution is 2.20. The van der Waals surface area contributed by atoms with Crippen LogP contribution in [-0.4, -0.2) is 20.5 Å². The monoisotopic (exact) mass is 310 g/mol.